The minimum Gasteiger partial charge on any atom is -0.456 e. The number of hydrogen-bond acceptors (Lipinski definition) is 3. The molecule has 2 aliphatic carbocycles. The lowest BCUT2D eigenvalue weighted by molar-refractivity contribution is 0.332. The lowest BCUT2D eigenvalue weighted by Gasteiger charge is -2.42. The predicted octanol–water partition coefficient (Wildman–Crippen LogP) is 15.8. The molecule has 0 fully saturated rings. The smallest absolute Gasteiger partial charge is 0.333 e. The number of fused-ring (bicyclic) bond motifs is 19. The third-order valence-corrected chi connectivity index (χ3v) is 17.4. The predicted molar refractivity (Wildman–Crippen MR) is 286 cm³/mol. The topological polar surface area (TPSA) is 34.5 Å². The molecule has 0 saturated carbocycles. The van der Waals surface area contributed by atoms with Crippen LogP contribution in [0, 0.1) is 0 Å². The van der Waals surface area contributed by atoms with E-state index in [1.165, 1.54) is 106 Å². The fourth-order valence-electron chi connectivity index (χ4n) is 13.6. The van der Waals surface area contributed by atoms with Crippen molar-refractivity contribution in [2.45, 2.75) is 96.8 Å². The largest absolute Gasteiger partial charge is 0.456 e. The van der Waals surface area contributed by atoms with E-state index in [4.69, 9.17) is 8.83 Å². The summed E-state index contributed by atoms with van der Waals surface area (Å²) in [4.78, 5) is 2.63. The van der Waals surface area contributed by atoms with Gasteiger partial charge < -0.3 is 18.2 Å². The van der Waals surface area contributed by atoms with Crippen LogP contribution in [0.25, 0.3) is 93.6 Å². The van der Waals surface area contributed by atoms with E-state index in [0.29, 0.717) is 0 Å². The van der Waals surface area contributed by atoms with Gasteiger partial charge in [-0.2, -0.15) is 0 Å². The Bertz CT molecular complexity index is 4110. The Labute approximate surface area is 397 Å². The number of aromatic nitrogens is 1. The van der Waals surface area contributed by atoms with Gasteiger partial charge in [0.15, 0.2) is 0 Å². The molecule has 0 spiro atoms. The van der Waals surface area contributed by atoms with Crippen molar-refractivity contribution in [1.82, 2.24) is 4.57 Å². The minimum atomic E-state index is -0.168. The number of anilines is 2. The van der Waals surface area contributed by atoms with Crippen LogP contribution in [0.5, 0.6) is 0 Å². The molecule has 0 N–H and O–H groups in total. The van der Waals surface area contributed by atoms with Gasteiger partial charge in [0.05, 0.1) is 11.0 Å². The summed E-state index contributed by atoms with van der Waals surface area (Å²) in [5, 5.41) is 7.28. The summed E-state index contributed by atoms with van der Waals surface area (Å²) in [6.07, 6.45) is 2.33. The van der Waals surface area contributed by atoms with Crippen molar-refractivity contribution in [3.8, 4) is 27.9 Å². The molecular formula is C63H53BN2O2. The molecule has 0 saturated heterocycles. The number of rotatable bonds is 1. The molecule has 2 aliphatic heterocycles. The number of para-hydroxylation sites is 1. The Hall–Kier alpha value is -6.98. The first-order valence-corrected chi connectivity index (χ1v) is 24.7. The van der Waals surface area contributed by atoms with Crippen molar-refractivity contribution < 1.29 is 8.83 Å². The van der Waals surface area contributed by atoms with Crippen molar-refractivity contribution in [1.29, 1.82) is 0 Å². The van der Waals surface area contributed by atoms with E-state index in [1.54, 1.807) is 0 Å². The summed E-state index contributed by atoms with van der Waals surface area (Å²) in [7, 11) is 0. The number of benzene rings is 8. The quantitative estimate of drug-likeness (QED) is 0.154. The van der Waals surface area contributed by atoms with Crippen LogP contribution in [0.15, 0.2) is 142 Å². The van der Waals surface area contributed by atoms with Gasteiger partial charge in [-0.3, -0.25) is 0 Å². The van der Waals surface area contributed by atoms with Crippen LogP contribution in [-0.4, -0.2) is 11.4 Å². The fraction of sp³-hybridized carbons (Fsp3) is 0.238. The SMILES string of the molecule is CC(C)(C)c1ccc(N2B3c4cc5oc6ccccc6c5cc4-n4c5ccc6c(c5c5ccc(c3c54)-c3cc4c(cc32)oc2cc3c(cc24)C(C)(C)CCC3(C)C)-c2ccccc2C6(C)C)cc1. The van der Waals surface area contributed by atoms with E-state index in [2.05, 4.69) is 205 Å². The van der Waals surface area contributed by atoms with Gasteiger partial charge in [0.1, 0.15) is 22.3 Å². The molecule has 4 aliphatic rings. The van der Waals surface area contributed by atoms with E-state index in [0.717, 1.165) is 50.9 Å². The van der Waals surface area contributed by atoms with Gasteiger partial charge in [-0.1, -0.05) is 135 Å². The van der Waals surface area contributed by atoms with Crippen LogP contribution in [0.4, 0.5) is 11.4 Å². The average molecular weight is 881 g/mol. The molecule has 8 aromatic carbocycles. The van der Waals surface area contributed by atoms with Crippen LogP contribution in [0.2, 0.25) is 0 Å². The van der Waals surface area contributed by atoms with E-state index in [-0.39, 0.29) is 28.5 Å². The standard InChI is InChI=1S/C63H53BN2O2/c1-60(2,3)34-18-20-35(21-19-34)66-50-33-55-41(42-29-46-47(31-53(42)68-55)62(6,7)27-26-61(46,4)5)28-40(50)37-22-23-39-57-49(25-24-45-56(57)38-15-10-12-16-44(38)63(45,8)9)65-51-30-43-36-14-11-13-17-52(36)67-54(43)32-48(51)64(66)58(37)59(39)65/h10-25,28-33H,26-27H2,1-9H3. The molecule has 3 aromatic heterocycles. The van der Waals surface area contributed by atoms with Gasteiger partial charge in [-0.05, 0) is 139 Å². The third-order valence-electron chi connectivity index (χ3n) is 17.4. The van der Waals surface area contributed by atoms with Crippen LogP contribution >= 0.6 is 0 Å². The second-order valence-corrected chi connectivity index (χ2v) is 23.5. The number of furan rings is 2. The van der Waals surface area contributed by atoms with Gasteiger partial charge in [0.25, 0.3) is 0 Å². The summed E-state index contributed by atoms with van der Waals surface area (Å²) in [5.74, 6) is 0. The van der Waals surface area contributed by atoms with Crippen molar-refractivity contribution >= 4 is 94.8 Å². The maximum absolute atomic E-state index is 7.08. The highest BCUT2D eigenvalue weighted by Crippen LogP contribution is 2.56. The molecule has 4 nitrogen and oxygen atoms in total. The molecule has 5 heterocycles. The highest BCUT2D eigenvalue weighted by molar-refractivity contribution is 6.94. The molecule has 0 atom stereocenters. The molecule has 68 heavy (non-hydrogen) atoms. The summed E-state index contributed by atoms with van der Waals surface area (Å²) in [5.41, 5.74) is 24.5. The molecule has 0 radical (unpaired) electrons. The minimum absolute atomic E-state index is 0.0125. The third kappa shape index (κ3) is 4.77. The van der Waals surface area contributed by atoms with Gasteiger partial charge in [0, 0.05) is 66.4 Å². The normalized spacial score (nSPS) is 17.1. The molecule has 330 valence electrons. The van der Waals surface area contributed by atoms with Crippen molar-refractivity contribution in [2.24, 2.45) is 0 Å². The lowest BCUT2D eigenvalue weighted by Crippen LogP contribution is -2.60. The van der Waals surface area contributed by atoms with Gasteiger partial charge >= 0.3 is 6.85 Å². The van der Waals surface area contributed by atoms with Gasteiger partial charge in [0.2, 0.25) is 0 Å². The summed E-state index contributed by atoms with van der Waals surface area (Å²) in [6, 6.07) is 51.2. The van der Waals surface area contributed by atoms with E-state index >= 15 is 0 Å². The maximum Gasteiger partial charge on any atom is 0.333 e. The van der Waals surface area contributed by atoms with Gasteiger partial charge in [-0.15, -0.1) is 0 Å². The zero-order chi connectivity index (χ0) is 46.1. The second kappa shape index (κ2) is 12.4. The molecule has 15 rings (SSSR count). The number of hydrogen-bond donors (Lipinski definition) is 0. The zero-order valence-electron chi connectivity index (χ0n) is 40.4. The Balaban J connectivity index is 1.10. The summed E-state index contributed by atoms with van der Waals surface area (Å²) in [6.45, 7) is 21.2. The van der Waals surface area contributed by atoms with Gasteiger partial charge in [-0.25, -0.2) is 0 Å². The maximum atomic E-state index is 7.08. The molecule has 0 unspecified atom stereocenters. The van der Waals surface area contributed by atoms with Crippen molar-refractivity contribution in [2.75, 3.05) is 4.81 Å². The number of nitrogens with zero attached hydrogens (tertiary/aromatic N) is 2. The Morgan fingerprint density at radius 3 is 1.99 bits per heavy atom. The van der Waals surface area contributed by atoms with Crippen molar-refractivity contribution in [3.63, 3.8) is 0 Å². The monoisotopic (exact) mass is 880 g/mol. The Morgan fingerprint density at radius 1 is 0.515 bits per heavy atom. The first-order chi connectivity index (χ1) is 32.6. The van der Waals surface area contributed by atoms with Crippen LogP contribution in [0.3, 0.4) is 0 Å². The van der Waals surface area contributed by atoms with Crippen molar-refractivity contribution in [3.05, 3.63) is 161 Å². The molecule has 11 aromatic rings. The van der Waals surface area contributed by atoms with Crippen LogP contribution in [-0.2, 0) is 21.7 Å². The molecule has 0 bridgehead atoms. The van der Waals surface area contributed by atoms with E-state index in [9.17, 15) is 0 Å². The fourth-order valence-corrected chi connectivity index (χ4v) is 13.6. The molecular weight excluding hydrogens is 828 g/mol. The average Bonchev–Trinajstić information content (AvgIpc) is 4.04. The molecule has 5 heteroatoms. The zero-order valence-corrected chi connectivity index (χ0v) is 40.4. The highest BCUT2D eigenvalue weighted by atomic mass is 16.3. The van der Waals surface area contributed by atoms with Crippen LogP contribution < -0.4 is 15.7 Å². The highest BCUT2D eigenvalue weighted by Gasteiger charge is 2.46. The Kier molecular flexibility index (Phi) is 7.11. The van der Waals surface area contributed by atoms with Crippen LogP contribution in [0.1, 0.15) is 103 Å². The summed E-state index contributed by atoms with van der Waals surface area (Å²) < 4.78 is 16.5. The van der Waals surface area contributed by atoms with E-state index in [1.807, 2.05) is 0 Å². The Morgan fingerprint density at radius 2 is 1.19 bits per heavy atom. The molecule has 0 amide bonds. The summed E-state index contributed by atoms with van der Waals surface area (Å²) >= 11 is 0. The first kappa shape index (κ1) is 39.1. The van der Waals surface area contributed by atoms with E-state index < -0.39 is 0 Å². The lowest BCUT2D eigenvalue weighted by atomic mass is 9.44. The first-order valence-electron chi connectivity index (χ1n) is 24.7. The second-order valence-electron chi connectivity index (χ2n) is 23.5.